The summed E-state index contributed by atoms with van der Waals surface area (Å²) in [5, 5.41) is 0. The zero-order chi connectivity index (χ0) is 10.1. The number of hydrogen-bond acceptors (Lipinski definition) is 0. The van der Waals surface area contributed by atoms with E-state index in [2.05, 4.69) is 27.4 Å². The molecule has 1 unspecified atom stereocenters. The van der Waals surface area contributed by atoms with Crippen molar-refractivity contribution in [1.29, 1.82) is 0 Å². The first-order valence-corrected chi connectivity index (χ1v) is 5.90. The van der Waals surface area contributed by atoms with E-state index in [0.29, 0.717) is 0 Å². The van der Waals surface area contributed by atoms with E-state index in [1.54, 1.807) is 0 Å². The van der Waals surface area contributed by atoms with E-state index in [4.69, 9.17) is 0 Å². The highest BCUT2D eigenvalue weighted by Crippen LogP contribution is 2.19. The van der Waals surface area contributed by atoms with E-state index in [9.17, 15) is 0 Å². The summed E-state index contributed by atoms with van der Waals surface area (Å²) in [7, 11) is 0. The molecular weight excluding hydrogens is 156 g/mol. The molecule has 0 aliphatic carbocycles. The van der Waals surface area contributed by atoms with Crippen LogP contribution in [0.1, 0.15) is 65.7 Å². The van der Waals surface area contributed by atoms with Crippen molar-refractivity contribution in [2.24, 2.45) is 5.92 Å². The fourth-order valence-electron chi connectivity index (χ4n) is 1.61. The highest BCUT2D eigenvalue weighted by molar-refractivity contribution is 4.97. The van der Waals surface area contributed by atoms with Gasteiger partial charge in [-0.3, -0.25) is 0 Å². The van der Waals surface area contributed by atoms with Crippen molar-refractivity contribution in [2.75, 3.05) is 0 Å². The van der Waals surface area contributed by atoms with Gasteiger partial charge in [-0.1, -0.05) is 65.0 Å². The zero-order valence-corrected chi connectivity index (χ0v) is 9.73. The molecular formula is C13H26. The lowest BCUT2D eigenvalue weighted by atomic mass is 9.94. The van der Waals surface area contributed by atoms with Gasteiger partial charge < -0.3 is 0 Å². The second-order valence-electron chi connectivity index (χ2n) is 4.12. The SMILES string of the molecule is C=C(CC)C(C)CCCCCCC. The average Bonchev–Trinajstić information content (AvgIpc) is 2.16. The number of unbranched alkanes of at least 4 members (excludes halogenated alkanes) is 4. The Bertz CT molecular complexity index is 124. The summed E-state index contributed by atoms with van der Waals surface area (Å²) in [4.78, 5) is 0. The highest BCUT2D eigenvalue weighted by Gasteiger charge is 2.03. The summed E-state index contributed by atoms with van der Waals surface area (Å²) in [5.41, 5.74) is 1.43. The van der Waals surface area contributed by atoms with E-state index in [1.807, 2.05) is 0 Å². The molecule has 0 bridgehead atoms. The van der Waals surface area contributed by atoms with Gasteiger partial charge in [-0.25, -0.2) is 0 Å². The minimum Gasteiger partial charge on any atom is -0.0996 e. The van der Waals surface area contributed by atoms with E-state index >= 15 is 0 Å². The maximum Gasteiger partial charge on any atom is -0.0234 e. The molecule has 0 N–H and O–H groups in total. The lowest BCUT2D eigenvalue weighted by molar-refractivity contribution is 0.527. The summed E-state index contributed by atoms with van der Waals surface area (Å²) < 4.78 is 0. The first kappa shape index (κ1) is 12.7. The molecule has 78 valence electrons. The second-order valence-corrected chi connectivity index (χ2v) is 4.12. The van der Waals surface area contributed by atoms with Crippen LogP contribution < -0.4 is 0 Å². The Balaban J connectivity index is 3.26. The van der Waals surface area contributed by atoms with Gasteiger partial charge in [0.1, 0.15) is 0 Å². The van der Waals surface area contributed by atoms with Crippen molar-refractivity contribution in [3.63, 3.8) is 0 Å². The van der Waals surface area contributed by atoms with Gasteiger partial charge in [0.15, 0.2) is 0 Å². The van der Waals surface area contributed by atoms with Gasteiger partial charge in [-0.15, -0.1) is 0 Å². The molecule has 0 nitrogen and oxygen atoms in total. The molecule has 0 fully saturated rings. The predicted octanol–water partition coefficient (Wildman–Crippen LogP) is 4.95. The minimum absolute atomic E-state index is 0.742. The molecule has 0 rings (SSSR count). The Morgan fingerprint density at radius 3 is 2.23 bits per heavy atom. The van der Waals surface area contributed by atoms with Gasteiger partial charge in [0.25, 0.3) is 0 Å². The maximum atomic E-state index is 4.09. The molecule has 0 spiro atoms. The molecule has 0 aliphatic rings. The van der Waals surface area contributed by atoms with Gasteiger partial charge in [0.05, 0.1) is 0 Å². The normalized spacial score (nSPS) is 12.8. The molecule has 13 heavy (non-hydrogen) atoms. The van der Waals surface area contributed by atoms with Crippen LogP contribution in [0.5, 0.6) is 0 Å². The Labute approximate surface area is 84.4 Å². The van der Waals surface area contributed by atoms with Crippen LogP contribution in [0.25, 0.3) is 0 Å². The van der Waals surface area contributed by atoms with E-state index in [1.165, 1.54) is 44.1 Å². The van der Waals surface area contributed by atoms with Crippen molar-refractivity contribution < 1.29 is 0 Å². The summed E-state index contributed by atoms with van der Waals surface area (Å²) in [6, 6.07) is 0. The monoisotopic (exact) mass is 182 g/mol. The molecule has 0 saturated heterocycles. The average molecular weight is 182 g/mol. The number of allylic oxidation sites excluding steroid dienone is 1. The molecule has 0 aliphatic heterocycles. The fraction of sp³-hybridized carbons (Fsp3) is 0.846. The first-order valence-electron chi connectivity index (χ1n) is 5.90. The topological polar surface area (TPSA) is 0 Å². The lowest BCUT2D eigenvalue weighted by Crippen LogP contribution is -1.97. The quantitative estimate of drug-likeness (QED) is 0.368. The molecule has 0 saturated carbocycles. The summed E-state index contributed by atoms with van der Waals surface area (Å²) in [6.07, 6.45) is 9.46. The fourth-order valence-corrected chi connectivity index (χ4v) is 1.61. The summed E-state index contributed by atoms with van der Waals surface area (Å²) in [5.74, 6) is 0.742. The Hall–Kier alpha value is -0.260. The van der Waals surface area contributed by atoms with Crippen LogP contribution in [-0.2, 0) is 0 Å². The van der Waals surface area contributed by atoms with Gasteiger partial charge in [-0.05, 0) is 18.8 Å². The standard InChI is InChI=1S/C13H26/c1-5-7-8-9-10-11-13(4)12(3)6-2/h13H,3,5-11H2,1-2,4H3. The third-order valence-electron chi connectivity index (χ3n) is 2.89. The number of hydrogen-bond donors (Lipinski definition) is 0. The van der Waals surface area contributed by atoms with Gasteiger partial charge in [0.2, 0.25) is 0 Å². The molecule has 0 heterocycles. The summed E-state index contributed by atoms with van der Waals surface area (Å²) in [6.45, 7) is 10.9. The van der Waals surface area contributed by atoms with Crippen LogP contribution in [0.3, 0.4) is 0 Å². The van der Waals surface area contributed by atoms with E-state index < -0.39 is 0 Å². The molecule has 0 radical (unpaired) electrons. The van der Waals surface area contributed by atoms with Crippen LogP contribution >= 0.6 is 0 Å². The zero-order valence-electron chi connectivity index (χ0n) is 9.73. The molecule has 0 amide bonds. The van der Waals surface area contributed by atoms with E-state index in [0.717, 1.165) is 12.3 Å². The molecule has 1 atom stereocenters. The summed E-state index contributed by atoms with van der Waals surface area (Å²) >= 11 is 0. The van der Waals surface area contributed by atoms with Crippen molar-refractivity contribution in [1.82, 2.24) is 0 Å². The minimum atomic E-state index is 0.742. The third-order valence-corrected chi connectivity index (χ3v) is 2.89. The second kappa shape index (κ2) is 8.34. The lowest BCUT2D eigenvalue weighted by Gasteiger charge is -2.12. The van der Waals surface area contributed by atoms with Crippen LogP contribution in [0.2, 0.25) is 0 Å². The molecule has 0 aromatic carbocycles. The molecule has 0 aromatic rings. The van der Waals surface area contributed by atoms with Crippen LogP contribution in [0.15, 0.2) is 12.2 Å². The predicted molar refractivity (Wildman–Crippen MR) is 62.0 cm³/mol. The van der Waals surface area contributed by atoms with Gasteiger partial charge >= 0.3 is 0 Å². The van der Waals surface area contributed by atoms with E-state index in [-0.39, 0.29) is 0 Å². The van der Waals surface area contributed by atoms with Gasteiger partial charge in [0, 0.05) is 0 Å². The maximum absolute atomic E-state index is 4.09. The third kappa shape index (κ3) is 6.86. The first-order chi connectivity index (χ1) is 6.22. The van der Waals surface area contributed by atoms with Crippen molar-refractivity contribution >= 4 is 0 Å². The molecule has 0 heteroatoms. The van der Waals surface area contributed by atoms with Crippen molar-refractivity contribution in [3.8, 4) is 0 Å². The largest absolute Gasteiger partial charge is 0.0996 e. The van der Waals surface area contributed by atoms with Crippen LogP contribution in [-0.4, -0.2) is 0 Å². The van der Waals surface area contributed by atoms with Crippen molar-refractivity contribution in [3.05, 3.63) is 12.2 Å². The van der Waals surface area contributed by atoms with Gasteiger partial charge in [-0.2, -0.15) is 0 Å². The Morgan fingerprint density at radius 2 is 1.69 bits per heavy atom. The highest BCUT2D eigenvalue weighted by atomic mass is 14.1. The molecule has 0 aromatic heterocycles. The van der Waals surface area contributed by atoms with Crippen molar-refractivity contribution in [2.45, 2.75) is 65.7 Å². The Kier molecular flexibility index (Phi) is 8.18. The Morgan fingerprint density at radius 1 is 1.08 bits per heavy atom. The van der Waals surface area contributed by atoms with Crippen LogP contribution in [0.4, 0.5) is 0 Å². The number of rotatable bonds is 8. The van der Waals surface area contributed by atoms with Crippen LogP contribution in [0, 0.1) is 5.92 Å². The smallest absolute Gasteiger partial charge is 0.0234 e.